The number of rotatable bonds is 5. The number of benzene rings is 1. The van der Waals surface area contributed by atoms with Gasteiger partial charge in [-0.25, -0.2) is 9.97 Å². The van der Waals surface area contributed by atoms with Gasteiger partial charge in [-0.3, -0.25) is 9.20 Å². The molecule has 4 rings (SSSR count). The molecule has 0 saturated carbocycles. The normalized spacial score (nSPS) is 11.3. The fourth-order valence-electron chi connectivity index (χ4n) is 3.19. The van der Waals surface area contributed by atoms with E-state index in [1.165, 1.54) is 4.88 Å². The van der Waals surface area contributed by atoms with E-state index >= 15 is 0 Å². The Bertz CT molecular complexity index is 1140. The maximum absolute atomic E-state index is 12.8. The number of nitrogens with zero attached hydrogens (tertiary/aromatic N) is 4. The number of imidazole rings is 1. The lowest BCUT2D eigenvalue weighted by Gasteiger charge is -2.16. The molecule has 0 unspecified atom stereocenters. The molecule has 0 N–H and O–H groups in total. The average Bonchev–Trinajstić information content (AvgIpc) is 3.30. The third-order valence-corrected chi connectivity index (χ3v) is 5.68. The third kappa shape index (κ3) is 3.45. The third-order valence-electron chi connectivity index (χ3n) is 4.79. The van der Waals surface area contributed by atoms with Crippen LogP contribution in [0.5, 0.6) is 0 Å². The maximum atomic E-state index is 12.8. The minimum Gasteiger partial charge on any atom is -0.441 e. The van der Waals surface area contributed by atoms with Crippen molar-refractivity contribution < 1.29 is 9.21 Å². The summed E-state index contributed by atoms with van der Waals surface area (Å²) in [6.07, 6.45) is 2.28. The first-order valence-electron chi connectivity index (χ1n) is 9.12. The fraction of sp³-hybridized carbons (Fsp3) is 0.286. The molecule has 6 nitrogen and oxygen atoms in total. The second-order valence-electron chi connectivity index (χ2n) is 6.95. The van der Waals surface area contributed by atoms with Crippen LogP contribution >= 0.6 is 11.3 Å². The van der Waals surface area contributed by atoms with Crippen molar-refractivity contribution >= 4 is 22.2 Å². The first-order chi connectivity index (χ1) is 13.4. The van der Waals surface area contributed by atoms with Crippen molar-refractivity contribution in [3.63, 3.8) is 0 Å². The molecule has 144 valence electrons. The Morgan fingerprint density at radius 3 is 2.68 bits per heavy atom. The number of aromatic nitrogens is 3. The Balaban J connectivity index is 1.50. The zero-order valence-electron chi connectivity index (χ0n) is 16.4. The van der Waals surface area contributed by atoms with Crippen LogP contribution in [0.25, 0.3) is 16.4 Å². The molecule has 0 aliphatic heterocycles. The van der Waals surface area contributed by atoms with E-state index in [-0.39, 0.29) is 12.3 Å². The van der Waals surface area contributed by atoms with Gasteiger partial charge >= 0.3 is 0 Å². The van der Waals surface area contributed by atoms with Crippen LogP contribution in [0.2, 0.25) is 0 Å². The Morgan fingerprint density at radius 1 is 1.18 bits per heavy atom. The Labute approximate surface area is 167 Å². The minimum absolute atomic E-state index is 0.00249. The van der Waals surface area contributed by atoms with Crippen LogP contribution in [-0.4, -0.2) is 32.2 Å². The fourth-order valence-corrected chi connectivity index (χ4v) is 4.08. The summed E-state index contributed by atoms with van der Waals surface area (Å²) in [5, 5.41) is 0. The number of hydrogen-bond donors (Lipinski definition) is 0. The molecule has 1 amide bonds. The van der Waals surface area contributed by atoms with Gasteiger partial charge in [-0.15, -0.1) is 11.3 Å². The first-order valence-corrected chi connectivity index (χ1v) is 9.93. The van der Waals surface area contributed by atoms with Crippen molar-refractivity contribution in [2.45, 2.75) is 33.7 Å². The molecule has 0 aliphatic rings. The SMILES string of the molecule is Cc1cn2c(CN(C)C(=O)Cc3nc(-c4ccccc4)oc3C)c(C)nc2s1. The largest absolute Gasteiger partial charge is 0.441 e. The Hall–Kier alpha value is -2.93. The Morgan fingerprint density at radius 2 is 1.93 bits per heavy atom. The summed E-state index contributed by atoms with van der Waals surface area (Å²) < 4.78 is 7.85. The lowest BCUT2D eigenvalue weighted by molar-refractivity contribution is -0.129. The van der Waals surface area contributed by atoms with E-state index in [9.17, 15) is 4.79 Å². The van der Waals surface area contributed by atoms with E-state index in [0.29, 0.717) is 23.9 Å². The van der Waals surface area contributed by atoms with Crippen LogP contribution in [0, 0.1) is 20.8 Å². The second-order valence-corrected chi connectivity index (χ2v) is 8.17. The number of likely N-dealkylation sites (N-methyl/N-ethyl adjacent to an activating group) is 1. The van der Waals surface area contributed by atoms with E-state index in [0.717, 1.165) is 21.9 Å². The molecule has 0 bridgehead atoms. The number of carbonyl (C=O) groups is 1. The van der Waals surface area contributed by atoms with Gasteiger partial charge < -0.3 is 9.32 Å². The number of amides is 1. The van der Waals surface area contributed by atoms with Gasteiger partial charge in [0.15, 0.2) is 4.96 Å². The molecule has 3 aromatic heterocycles. The highest BCUT2D eigenvalue weighted by molar-refractivity contribution is 7.17. The standard InChI is InChI=1S/C21H22N4O2S/c1-13-11-25-18(14(2)22-21(25)28-13)12-24(4)19(26)10-17-15(3)27-20(23-17)16-8-6-5-7-9-16/h5-9,11H,10,12H2,1-4H3. The molecule has 0 fully saturated rings. The van der Waals surface area contributed by atoms with E-state index in [1.54, 1.807) is 16.2 Å². The number of hydrogen-bond acceptors (Lipinski definition) is 5. The number of aryl methyl sites for hydroxylation is 3. The molecule has 0 saturated heterocycles. The van der Waals surface area contributed by atoms with Crippen molar-refractivity contribution in [1.29, 1.82) is 0 Å². The summed E-state index contributed by atoms with van der Waals surface area (Å²) in [7, 11) is 1.81. The van der Waals surface area contributed by atoms with Crippen molar-refractivity contribution in [2.24, 2.45) is 0 Å². The van der Waals surface area contributed by atoms with E-state index in [1.807, 2.05) is 51.2 Å². The molecular formula is C21H22N4O2S. The van der Waals surface area contributed by atoms with Gasteiger partial charge in [0.1, 0.15) is 5.76 Å². The summed E-state index contributed by atoms with van der Waals surface area (Å²) >= 11 is 1.65. The second kappa shape index (κ2) is 7.24. The molecule has 3 heterocycles. The summed E-state index contributed by atoms with van der Waals surface area (Å²) in [5.74, 6) is 1.22. The molecule has 28 heavy (non-hydrogen) atoms. The van der Waals surface area contributed by atoms with Crippen LogP contribution < -0.4 is 0 Å². The van der Waals surface area contributed by atoms with Crippen molar-refractivity contribution in [1.82, 2.24) is 19.3 Å². The van der Waals surface area contributed by atoms with Gasteiger partial charge in [0, 0.05) is 23.7 Å². The van der Waals surface area contributed by atoms with Crippen LogP contribution in [0.15, 0.2) is 40.9 Å². The average molecular weight is 395 g/mol. The van der Waals surface area contributed by atoms with Gasteiger partial charge in [0.25, 0.3) is 0 Å². The van der Waals surface area contributed by atoms with Crippen LogP contribution in [0.4, 0.5) is 0 Å². The molecular weight excluding hydrogens is 372 g/mol. The highest BCUT2D eigenvalue weighted by Gasteiger charge is 2.19. The van der Waals surface area contributed by atoms with Crippen molar-refractivity contribution in [3.8, 4) is 11.5 Å². The van der Waals surface area contributed by atoms with E-state index in [4.69, 9.17) is 4.42 Å². The van der Waals surface area contributed by atoms with Gasteiger partial charge in [-0.05, 0) is 32.9 Å². The van der Waals surface area contributed by atoms with Crippen molar-refractivity contribution in [2.75, 3.05) is 7.05 Å². The van der Waals surface area contributed by atoms with Crippen LogP contribution in [0.3, 0.4) is 0 Å². The molecule has 4 aromatic rings. The van der Waals surface area contributed by atoms with Gasteiger partial charge in [0.05, 0.1) is 30.0 Å². The number of oxazole rings is 1. The lowest BCUT2D eigenvalue weighted by atomic mass is 10.2. The summed E-state index contributed by atoms with van der Waals surface area (Å²) in [6, 6.07) is 9.71. The molecule has 0 spiro atoms. The highest BCUT2D eigenvalue weighted by Crippen LogP contribution is 2.23. The van der Waals surface area contributed by atoms with Gasteiger partial charge in [0.2, 0.25) is 11.8 Å². The van der Waals surface area contributed by atoms with Gasteiger partial charge in [-0.2, -0.15) is 0 Å². The van der Waals surface area contributed by atoms with Gasteiger partial charge in [-0.1, -0.05) is 18.2 Å². The lowest BCUT2D eigenvalue weighted by Crippen LogP contribution is -2.28. The highest BCUT2D eigenvalue weighted by atomic mass is 32.1. The van der Waals surface area contributed by atoms with Crippen LogP contribution in [0.1, 0.15) is 27.7 Å². The minimum atomic E-state index is -0.00249. The maximum Gasteiger partial charge on any atom is 0.228 e. The molecule has 0 atom stereocenters. The quantitative estimate of drug-likeness (QED) is 0.509. The molecule has 0 radical (unpaired) electrons. The smallest absolute Gasteiger partial charge is 0.228 e. The zero-order valence-corrected chi connectivity index (χ0v) is 17.2. The molecule has 1 aromatic carbocycles. The predicted molar refractivity (Wildman–Crippen MR) is 109 cm³/mol. The molecule has 0 aliphatic carbocycles. The predicted octanol–water partition coefficient (Wildman–Crippen LogP) is 4.18. The molecule has 7 heteroatoms. The van der Waals surface area contributed by atoms with E-state index in [2.05, 4.69) is 27.5 Å². The van der Waals surface area contributed by atoms with E-state index < -0.39 is 0 Å². The first kappa shape index (κ1) is 18.4. The topological polar surface area (TPSA) is 63.6 Å². The number of thiazole rings is 1. The number of fused-ring (bicyclic) bond motifs is 1. The van der Waals surface area contributed by atoms with Crippen molar-refractivity contribution in [3.05, 3.63) is 64.2 Å². The summed E-state index contributed by atoms with van der Waals surface area (Å²) in [4.78, 5) is 25.8. The van der Waals surface area contributed by atoms with Crippen LogP contribution in [-0.2, 0) is 17.8 Å². The number of carbonyl (C=O) groups excluding carboxylic acids is 1. The summed E-state index contributed by atoms with van der Waals surface area (Å²) in [5.41, 5.74) is 3.58. The zero-order chi connectivity index (χ0) is 19.8. The summed E-state index contributed by atoms with van der Waals surface area (Å²) in [6.45, 7) is 6.40. The Kier molecular flexibility index (Phi) is 4.77. The monoisotopic (exact) mass is 394 g/mol.